The Hall–Kier alpha value is -1.92. The lowest BCUT2D eigenvalue weighted by atomic mass is 9.94. The largest absolute Gasteiger partial charge is 0.350 e. The first-order valence-corrected chi connectivity index (χ1v) is 9.99. The van der Waals surface area contributed by atoms with Crippen LogP contribution in [0.5, 0.6) is 0 Å². The molecule has 3 rings (SSSR count). The van der Waals surface area contributed by atoms with Gasteiger partial charge in [0.1, 0.15) is 0 Å². The van der Waals surface area contributed by atoms with Gasteiger partial charge in [-0.2, -0.15) is 0 Å². The van der Waals surface area contributed by atoms with Gasteiger partial charge in [0, 0.05) is 23.7 Å². The topological polar surface area (TPSA) is 92.5 Å². The number of nitrogens with two attached hydrogens (primary N) is 1. The van der Waals surface area contributed by atoms with Gasteiger partial charge in [0.15, 0.2) is 0 Å². The van der Waals surface area contributed by atoms with Crippen LogP contribution < -0.4 is 11.1 Å². The van der Waals surface area contributed by atoms with E-state index in [-0.39, 0.29) is 36.2 Å². The lowest BCUT2D eigenvalue weighted by Crippen LogP contribution is -2.49. The number of fused-ring (bicyclic) bond motifs is 1. The van der Waals surface area contributed by atoms with Crippen LogP contribution in [0.25, 0.3) is 0 Å². The number of halogens is 1. The minimum atomic E-state index is -0.435. The Morgan fingerprint density at radius 2 is 1.71 bits per heavy atom. The van der Waals surface area contributed by atoms with Crippen molar-refractivity contribution in [2.24, 2.45) is 5.73 Å². The van der Waals surface area contributed by atoms with Gasteiger partial charge >= 0.3 is 0 Å². The minimum Gasteiger partial charge on any atom is -0.350 e. The van der Waals surface area contributed by atoms with Crippen LogP contribution in [0.1, 0.15) is 89.9 Å². The zero-order valence-corrected chi connectivity index (χ0v) is 17.4. The van der Waals surface area contributed by atoms with E-state index in [1.54, 1.807) is 18.2 Å². The summed E-state index contributed by atoms with van der Waals surface area (Å²) in [5, 5.41) is 2.86. The Labute approximate surface area is 172 Å². The van der Waals surface area contributed by atoms with E-state index < -0.39 is 5.54 Å². The number of hydrogen-bond acceptors (Lipinski definition) is 4. The Morgan fingerprint density at radius 3 is 2.32 bits per heavy atom. The lowest BCUT2D eigenvalue weighted by molar-refractivity contribution is 0.0549. The second-order valence-corrected chi connectivity index (χ2v) is 7.78. The predicted octanol–water partition coefficient (Wildman–Crippen LogP) is 3.28. The molecule has 1 aliphatic carbocycles. The fourth-order valence-electron chi connectivity index (χ4n) is 3.93. The van der Waals surface area contributed by atoms with E-state index in [9.17, 15) is 14.4 Å². The third-order valence-electron chi connectivity index (χ3n) is 6.13. The van der Waals surface area contributed by atoms with E-state index >= 15 is 0 Å². The molecule has 154 valence electrons. The summed E-state index contributed by atoms with van der Waals surface area (Å²) < 4.78 is 0. The Balaban J connectivity index is 0.00000280. The highest BCUT2D eigenvalue weighted by atomic mass is 35.5. The molecule has 0 aromatic heterocycles. The molecule has 7 heteroatoms. The molecule has 1 saturated carbocycles. The van der Waals surface area contributed by atoms with Gasteiger partial charge in [-0.3, -0.25) is 19.3 Å². The van der Waals surface area contributed by atoms with Crippen molar-refractivity contribution in [3.63, 3.8) is 0 Å². The molecule has 1 aromatic rings. The standard InChI is InChI=1S/C21H29N3O3.ClH/c1-3-21(22,4-2)13-23-18(25)14-10-11-16-17(12-14)20(27)24(19(16)26)15-8-6-5-7-9-15;/h10-12,15H,3-9,13,22H2,1-2H3,(H,23,25);1H. The molecule has 3 amide bonds. The van der Waals surface area contributed by atoms with Crippen molar-refractivity contribution in [2.45, 2.75) is 70.4 Å². The molecule has 1 fully saturated rings. The number of amides is 3. The van der Waals surface area contributed by atoms with Gasteiger partial charge in [-0.05, 0) is 43.9 Å². The second-order valence-electron chi connectivity index (χ2n) is 7.78. The first-order valence-electron chi connectivity index (χ1n) is 9.99. The minimum absolute atomic E-state index is 0. The van der Waals surface area contributed by atoms with Crippen LogP contribution in [0.3, 0.4) is 0 Å². The van der Waals surface area contributed by atoms with Crippen molar-refractivity contribution < 1.29 is 14.4 Å². The van der Waals surface area contributed by atoms with E-state index in [0.29, 0.717) is 23.2 Å². The highest BCUT2D eigenvalue weighted by molar-refractivity contribution is 6.22. The van der Waals surface area contributed by atoms with E-state index in [1.807, 2.05) is 13.8 Å². The number of imide groups is 1. The monoisotopic (exact) mass is 407 g/mol. The molecular formula is C21H30ClN3O3. The molecule has 1 aromatic carbocycles. The maximum absolute atomic E-state index is 12.8. The lowest BCUT2D eigenvalue weighted by Gasteiger charge is -2.29. The third kappa shape index (κ3) is 4.23. The number of nitrogens with one attached hydrogen (secondary N) is 1. The molecule has 28 heavy (non-hydrogen) atoms. The zero-order chi connectivity index (χ0) is 19.6. The van der Waals surface area contributed by atoms with Crippen molar-refractivity contribution in [3.8, 4) is 0 Å². The number of carbonyl (C=O) groups excluding carboxylic acids is 3. The Bertz CT molecular complexity index is 755. The van der Waals surface area contributed by atoms with Gasteiger partial charge in [-0.15, -0.1) is 12.4 Å². The van der Waals surface area contributed by atoms with Crippen LogP contribution in [-0.2, 0) is 0 Å². The molecule has 0 bridgehead atoms. The number of nitrogens with zero attached hydrogens (tertiary/aromatic N) is 1. The number of hydrogen-bond donors (Lipinski definition) is 2. The van der Waals surface area contributed by atoms with E-state index in [4.69, 9.17) is 5.73 Å². The summed E-state index contributed by atoms with van der Waals surface area (Å²) in [5.41, 5.74) is 6.92. The number of benzene rings is 1. The molecular weight excluding hydrogens is 378 g/mol. The molecule has 0 radical (unpaired) electrons. The van der Waals surface area contributed by atoms with Gasteiger partial charge in [0.25, 0.3) is 17.7 Å². The quantitative estimate of drug-likeness (QED) is 0.707. The molecule has 1 heterocycles. The summed E-state index contributed by atoms with van der Waals surface area (Å²) in [6, 6.07) is 4.74. The van der Waals surface area contributed by atoms with Crippen molar-refractivity contribution in [3.05, 3.63) is 34.9 Å². The van der Waals surface area contributed by atoms with Gasteiger partial charge < -0.3 is 11.1 Å². The fraction of sp³-hybridized carbons (Fsp3) is 0.571. The maximum atomic E-state index is 12.8. The molecule has 0 saturated heterocycles. The van der Waals surface area contributed by atoms with Crippen molar-refractivity contribution >= 4 is 30.1 Å². The summed E-state index contributed by atoms with van der Waals surface area (Å²) in [6.07, 6.45) is 6.50. The van der Waals surface area contributed by atoms with Gasteiger partial charge in [0.2, 0.25) is 0 Å². The van der Waals surface area contributed by atoms with E-state index in [2.05, 4.69) is 5.32 Å². The van der Waals surface area contributed by atoms with Gasteiger partial charge in [0.05, 0.1) is 11.1 Å². The molecule has 3 N–H and O–H groups in total. The van der Waals surface area contributed by atoms with Gasteiger partial charge in [-0.25, -0.2) is 0 Å². The van der Waals surface area contributed by atoms with Gasteiger partial charge in [-0.1, -0.05) is 33.1 Å². The van der Waals surface area contributed by atoms with Crippen molar-refractivity contribution in [1.82, 2.24) is 10.2 Å². The average molecular weight is 408 g/mol. The summed E-state index contributed by atoms with van der Waals surface area (Å²) in [5.74, 6) is -0.774. The number of carbonyl (C=O) groups is 3. The molecule has 0 atom stereocenters. The summed E-state index contributed by atoms with van der Waals surface area (Å²) >= 11 is 0. The Morgan fingerprint density at radius 1 is 1.11 bits per heavy atom. The highest BCUT2D eigenvalue weighted by Gasteiger charge is 2.40. The Kier molecular flexibility index (Phi) is 7.23. The van der Waals surface area contributed by atoms with Crippen LogP contribution in [0, 0.1) is 0 Å². The van der Waals surface area contributed by atoms with Crippen molar-refractivity contribution in [2.75, 3.05) is 6.54 Å². The molecule has 0 spiro atoms. The van der Waals surface area contributed by atoms with E-state index in [1.165, 1.54) is 4.90 Å². The summed E-state index contributed by atoms with van der Waals surface area (Å²) in [7, 11) is 0. The molecule has 2 aliphatic rings. The highest BCUT2D eigenvalue weighted by Crippen LogP contribution is 2.31. The van der Waals surface area contributed by atoms with Crippen LogP contribution in [0.15, 0.2) is 18.2 Å². The molecule has 0 unspecified atom stereocenters. The van der Waals surface area contributed by atoms with E-state index in [0.717, 1.165) is 44.9 Å². The number of rotatable bonds is 6. The maximum Gasteiger partial charge on any atom is 0.261 e. The first-order chi connectivity index (χ1) is 12.9. The fourth-order valence-corrected chi connectivity index (χ4v) is 3.93. The molecule has 1 aliphatic heterocycles. The predicted molar refractivity (Wildman–Crippen MR) is 111 cm³/mol. The zero-order valence-electron chi connectivity index (χ0n) is 16.6. The smallest absolute Gasteiger partial charge is 0.261 e. The molecule has 6 nitrogen and oxygen atoms in total. The van der Waals surface area contributed by atoms with Crippen LogP contribution in [0.4, 0.5) is 0 Å². The first kappa shape index (κ1) is 22.4. The average Bonchev–Trinajstić information content (AvgIpc) is 2.96. The van der Waals surface area contributed by atoms with Crippen LogP contribution in [0.2, 0.25) is 0 Å². The summed E-state index contributed by atoms with van der Waals surface area (Å²) in [6.45, 7) is 4.36. The van der Waals surface area contributed by atoms with Crippen LogP contribution in [-0.4, -0.2) is 40.7 Å². The normalized spacial score (nSPS) is 17.3. The second kappa shape index (κ2) is 9.05. The van der Waals surface area contributed by atoms with Crippen LogP contribution >= 0.6 is 12.4 Å². The SMILES string of the molecule is CCC(N)(CC)CNC(=O)c1ccc2c(c1)C(=O)N(C1CCCCC1)C2=O.Cl. The third-order valence-corrected chi connectivity index (χ3v) is 6.13. The van der Waals surface area contributed by atoms with Crippen molar-refractivity contribution in [1.29, 1.82) is 0 Å². The summed E-state index contributed by atoms with van der Waals surface area (Å²) in [4.78, 5) is 39.5.